The van der Waals surface area contributed by atoms with Crippen molar-refractivity contribution in [1.82, 2.24) is 0 Å². The summed E-state index contributed by atoms with van der Waals surface area (Å²) in [6, 6.07) is 21.1. The smallest absolute Gasteiger partial charge is 0.345 e. The normalized spacial score (nSPS) is 15.6. The van der Waals surface area contributed by atoms with E-state index < -0.39 is 22.1 Å². The van der Waals surface area contributed by atoms with Crippen LogP contribution in [0, 0.1) is 6.92 Å². The number of ketones is 1. The van der Waals surface area contributed by atoms with Gasteiger partial charge in [0, 0.05) is 93.1 Å². The van der Waals surface area contributed by atoms with E-state index in [4.69, 9.17) is 0 Å². The number of benzene rings is 3. The highest BCUT2D eigenvalue weighted by Gasteiger charge is 2.42. The Balaban J connectivity index is 0.000000216. The van der Waals surface area contributed by atoms with Crippen molar-refractivity contribution in [2.75, 3.05) is 71.1 Å². The number of fused-ring (bicyclic) bond motifs is 4. The zero-order chi connectivity index (χ0) is 39.6. The van der Waals surface area contributed by atoms with Gasteiger partial charge < -0.3 is 32.2 Å². The van der Waals surface area contributed by atoms with Gasteiger partial charge >= 0.3 is 5.97 Å². The highest BCUT2D eigenvalue weighted by Crippen LogP contribution is 2.44. The fourth-order valence-electron chi connectivity index (χ4n) is 7.80. The zero-order valence-corrected chi connectivity index (χ0v) is 37.9. The number of aryl methyl sites for hydroxylation is 1. The lowest BCUT2D eigenvalue weighted by Crippen LogP contribution is -3.00. The van der Waals surface area contributed by atoms with Gasteiger partial charge in [-0.15, -0.1) is 11.3 Å². The van der Waals surface area contributed by atoms with Crippen molar-refractivity contribution in [3.63, 3.8) is 0 Å². The molecule has 4 aromatic rings. The fourth-order valence-corrected chi connectivity index (χ4v) is 15.0. The number of anilines is 3. The summed E-state index contributed by atoms with van der Waals surface area (Å²) in [5.74, 6) is -0.700. The molecule has 0 spiro atoms. The zero-order valence-electron chi connectivity index (χ0n) is 34.3. The number of halogens is 1. The lowest BCUT2D eigenvalue weighted by molar-refractivity contribution is -0.462. The highest BCUT2D eigenvalue weighted by atomic mass is 35.5. The number of carboxylic acid groups (broad SMARTS) is 1. The van der Waals surface area contributed by atoms with E-state index in [0.717, 1.165) is 32.9 Å². The Morgan fingerprint density at radius 1 is 0.691 bits per heavy atom. The minimum atomic E-state index is -1.98. The maximum Gasteiger partial charge on any atom is 0.345 e. The minimum absolute atomic E-state index is 0. The molecular weight excluding hydrogens is 756 g/mol. The van der Waals surface area contributed by atoms with E-state index in [1.807, 2.05) is 59.4 Å². The van der Waals surface area contributed by atoms with E-state index in [0.29, 0.717) is 4.88 Å². The van der Waals surface area contributed by atoms with Crippen LogP contribution in [0.15, 0.2) is 89.7 Å². The lowest BCUT2D eigenvalue weighted by Gasteiger charge is -2.38. The fraction of sp³-hybridized carbons (Fsp3) is 0.295. The standard InChI is InChI=1S/C25H28N2O2SSi.C19H24N2OSi.ClH/c1-15-12-20(25(28)29)30-24(15)23-18-10-8-16(26(2)3)13-21(18)31(6,7)22-14-17(27(4)5)9-11-19(22)23;1-20(2)13-7-9-15-17(11-13)23(5,6)18-12-14(21(3)4)8-10-16(18)19(15)22;/h8-14H,1-7H3;7-12H,1-6H3;1H. The van der Waals surface area contributed by atoms with E-state index >= 15 is 0 Å². The van der Waals surface area contributed by atoms with Gasteiger partial charge in [-0.3, -0.25) is 4.79 Å². The van der Waals surface area contributed by atoms with Crippen molar-refractivity contribution < 1.29 is 31.7 Å². The summed E-state index contributed by atoms with van der Waals surface area (Å²) in [6.07, 6.45) is 6.74. The second-order valence-corrected chi connectivity index (χ2v) is 26.1. The summed E-state index contributed by atoms with van der Waals surface area (Å²) in [4.78, 5) is 32.4. The molecule has 0 radical (unpaired) electrons. The molecule has 288 valence electrons. The highest BCUT2D eigenvalue weighted by molar-refractivity contribution is 7.15. The van der Waals surface area contributed by atoms with Crippen molar-refractivity contribution in [2.24, 2.45) is 0 Å². The Hall–Kier alpha value is -4.49. The second kappa shape index (κ2) is 15.2. The van der Waals surface area contributed by atoms with E-state index in [1.165, 1.54) is 60.2 Å². The molecule has 1 aliphatic carbocycles. The molecule has 1 aromatic heterocycles. The first-order valence-electron chi connectivity index (χ1n) is 18.3. The van der Waals surface area contributed by atoms with Crippen LogP contribution in [0.4, 0.5) is 17.1 Å². The van der Waals surface area contributed by atoms with Crippen LogP contribution >= 0.6 is 11.3 Å². The SMILES string of the molecule is CN(C)c1ccc2c(c1)[Si](C)(C)c1cc(N(C)C)ccc1C2=O.Cc1cc(C(=O)O)sc1C1=C2C=CC(=[N+](C)C)C=C2[Si](C)(C)c2cc(N(C)C)ccc21.[Cl-]. The number of carbonyl (C=O) groups is 2. The number of aromatic carboxylic acids is 1. The van der Waals surface area contributed by atoms with Crippen LogP contribution in [-0.4, -0.2) is 99.7 Å². The third-order valence-corrected chi connectivity index (χ3v) is 19.4. The number of carbonyl (C=O) groups excluding carboxylic acids is 1. The molecule has 1 N–H and O–H groups in total. The molecule has 2 aliphatic heterocycles. The predicted molar refractivity (Wildman–Crippen MR) is 236 cm³/mol. The molecule has 3 heterocycles. The van der Waals surface area contributed by atoms with Crippen molar-refractivity contribution in [2.45, 2.75) is 33.1 Å². The Morgan fingerprint density at radius 2 is 1.15 bits per heavy atom. The van der Waals surface area contributed by atoms with Crippen molar-refractivity contribution in [3.05, 3.63) is 122 Å². The molecule has 0 bridgehead atoms. The maximum absolute atomic E-state index is 13.0. The average Bonchev–Trinajstić information content (AvgIpc) is 3.51. The Morgan fingerprint density at radius 3 is 1.56 bits per heavy atom. The topological polar surface area (TPSA) is 67.1 Å². The van der Waals surface area contributed by atoms with E-state index in [1.54, 1.807) is 6.07 Å². The van der Waals surface area contributed by atoms with Gasteiger partial charge in [0.2, 0.25) is 0 Å². The maximum atomic E-state index is 13.0. The number of allylic oxidation sites excluding steroid dienone is 5. The Labute approximate surface area is 339 Å². The van der Waals surface area contributed by atoms with Crippen LogP contribution in [0.5, 0.6) is 0 Å². The van der Waals surface area contributed by atoms with Gasteiger partial charge in [0.05, 0.1) is 0 Å². The van der Waals surface area contributed by atoms with Gasteiger partial charge in [-0.2, -0.15) is 0 Å². The summed E-state index contributed by atoms with van der Waals surface area (Å²) >= 11 is 1.38. The second-order valence-electron chi connectivity index (χ2n) is 16.4. The molecule has 0 unspecified atom stereocenters. The van der Waals surface area contributed by atoms with E-state index in [-0.39, 0.29) is 18.2 Å². The molecule has 7 rings (SSSR count). The molecule has 3 aliphatic rings. The Kier molecular flexibility index (Phi) is 11.5. The molecule has 3 aromatic carbocycles. The van der Waals surface area contributed by atoms with E-state index in [2.05, 4.69) is 122 Å². The molecule has 11 heteroatoms. The summed E-state index contributed by atoms with van der Waals surface area (Å²) in [7, 11) is 12.6. The summed E-state index contributed by atoms with van der Waals surface area (Å²) in [5, 5.41) is 14.9. The first-order chi connectivity index (χ1) is 25.2. The monoisotopic (exact) mass is 808 g/mol. The molecule has 0 amide bonds. The average molecular weight is 810 g/mol. The third-order valence-electron chi connectivity index (χ3n) is 11.2. The summed E-state index contributed by atoms with van der Waals surface area (Å²) in [6.45, 7) is 11.5. The first-order valence-corrected chi connectivity index (χ1v) is 25.1. The van der Waals surface area contributed by atoms with Gasteiger partial charge in [0.1, 0.15) is 35.1 Å². The van der Waals surface area contributed by atoms with Gasteiger partial charge in [0.15, 0.2) is 11.5 Å². The number of nitrogens with zero attached hydrogens (tertiary/aromatic N) is 4. The molecule has 0 fully saturated rings. The molecule has 55 heavy (non-hydrogen) atoms. The molecule has 0 saturated heterocycles. The summed E-state index contributed by atoms with van der Waals surface area (Å²) in [5.41, 5.74) is 11.2. The lowest BCUT2D eigenvalue weighted by atomic mass is 9.92. The quantitative estimate of drug-likeness (QED) is 0.246. The molecule has 7 nitrogen and oxygen atoms in total. The number of thiophene rings is 1. The predicted octanol–water partition coefficient (Wildman–Crippen LogP) is 3.49. The molecule has 0 atom stereocenters. The summed E-state index contributed by atoms with van der Waals surface area (Å²) < 4.78 is 2.15. The van der Waals surface area contributed by atoms with Gasteiger partial charge in [-0.25, -0.2) is 9.37 Å². The Bertz CT molecular complexity index is 2300. The van der Waals surface area contributed by atoms with Crippen molar-refractivity contribution in [3.8, 4) is 0 Å². The minimum Gasteiger partial charge on any atom is -1.00 e. The van der Waals surface area contributed by atoms with E-state index in [9.17, 15) is 14.7 Å². The number of hydrogen-bond acceptors (Lipinski definition) is 6. The number of carboxylic acids is 1. The number of rotatable bonds is 5. The third kappa shape index (κ3) is 7.33. The van der Waals surface area contributed by atoms with Gasteiger partial charge in [-0.05, 0) is 105 Å². The molecule has 0 saturated carbocycles. The van der Waals surface area contributed by atoms with Gasteiger partial charge in [0.25, 0.3) is 0 Å². The van der Waals surface area contributed by atoms with Crippen LogP contribution in [0.25, 0.3) is 5.57 Å². The van der Waals surface area contributed by atoms with Crippen LogP contribution in [-0.2, 0) is 0 Å². The number of hydrogen-bond donors (Lipinski definition) is 1. The largest absolute Gasteiger partial charge is 1.00 e. The molecular formula is C44H53ClN4O3SSi2. The van der Waals surface area contributed by atoms with Gasteiger partial charge in [-0.1, -0.05) is 32.3 Å². The van der Waals surface area contributed by atoms with Crippen LogP contribution in [0.1, 0.15) is 41.6 Å². The first kappa shape index (κ1) is 41.7. The van der Waals surface area contributed by atoms with Crippen LogP contribution in [0.3, 0.4) is 0 Å². The van der Waals surface area contributed by atoms with Crippen LogP contribution in [0.2, 0.25) is 26.2 Å². The van der Waals surface area contributed by atoms with Crippen LogP contribution < -0.4 is 42.7 Å². The van der Waals surface area contributed by atoms with Crippen molar-refractivity contribution in [1.29, 1.82) is 0 Å². The van der Waals surface area contributed by atoms with Crippen molar-refractivity contribution >= 4 is 83.1 Å².